The van der Waals surface area contributed by atoms with Crippen molar-refractivity contribution in [2.45, 2.75) is 13.3 Å². The molecule has 0 aromatic heterocycles. The first-order chi connectivity index (χ1) is 6.59. The fraction of sp³-hybridized carbons (Fsp3) is 0.455. The van der Waals surface area contributed by atoms with Gasteiger partial charge in [-0.25, -0.2) is 0 Å². The third-order valence-electron chi connectivity index (χ3n) is 2.19. The monoisotopic (exact) mass is 294 g/mol. The number of hydrogen-bond acceptors (Lipinski definition) is 0. The van der Waals surface area contributed by atoms with Gasteiger partial charge in [0, 0.05) is 16.2 Å². The molecule has 3 heteroatoms. The van der Waals surface area contributed by atoms with Crippen molar-refractivity contribution in [1.82, 2.24) is 0 Å². The predicted molar refractivity (Wildman–Crippen MR) is 67.4 cm³/mol. The summed E-state index contributed by atoms with van der Waals surface area (Å²) < 4.78 is 1.10. The van der Waals surface area contributed by atoms with Crippen molar-refractivity contribution in [1.29, 1.82) is 0 Å². The molecule has 0 amide bonds. The molecule has 0 aliphatic rings. The van der Waals surface area contributed by atoms with Crippen molar-refractivity contribution < 1.29 is 0 Å². The normalized spacial score (nSPS) is 11.7. The molecule has 0 aliphatic heterocycles. The van der Waals surface area contributed by atoms with Crippen molar-refractivity contribution >= 4 is 39.1 Å². The van der Waals surface area contributed by atoms with Gasteiger partial charge in [-0.1, -0.05) is 35.0 Å². The Morgan fingerprint density at radius 2 is 1.64 bits per heavy atom. The van der Waals surface area contributed by atoms with E-state index in [0.29, 0.717) is 11.8 Å². The van der Waals surface area contributed by atoms with Crippen LogP contribution >= 0.6 is 39.1 Å². The Hall–Kier alpha value is 0.280. The van der Waals surface area contributed by atoms with Crippen LogP contribution in [0, 0.1) is 5.41 Å². The van der Waals surface area contributed by atoms with E-state index in [1.807, 2.05) is 12.1 Å². The van der Waals surface area contributed by atoms with Crippen LogP contribution in [0.2, 0.25) is 0 Å². The minimum Gasteiger partial charge on any atom is -0.126 e. The van der Waals surface area contributed by atoms with E-state index in [0.717, 1.165) is 10.9 Å². The quantitative estimate of drug-likeness (QED) is 0.719. The van der Waals surface area contributed by atoms with Gasteiger partial charge in [-0.2, -0.15) is 0 Å². The molecule has 1 aromatic rings. The maximum Gasteiger partial charge on any atom is 0.0291 e. The fourth-order valence-corrected chi connectivity index (χ4v) is 1.96. The number of hydrogen-bond donors (Lipinski definition) is 0. The molecule has 0 fully saturated rings. The molecule has 0 aliphatic carbocycles. The Labute approximate surface area is 104 Å². The molecule has 0 radical (unpaired) electrons. The molecule has 0 N–H and O–H groups in total. The Bertz CT molecular complexity index is 278. The molecule has 0 nitrogen and oxygen atoms in total. The maximum absolute atomic E-state index is 5.90. The van der Waals surface area contributed by atoms with Gasteiger partial charge in [0.05, 0.1) is 0 Å². The number of alkyl halides is 2. The van der Waals surface area contributed by atoms with E-state index in [2.05, 4.69) is 35.0 Å². The highest BCUT2D eigenvalue weighted by Crippen LogP contribution is 2.26. The summed E-state index contributed by atoms with van der Waals surface area (Å²) in [6.07, 6.45) is 0.924. The average Bonchev–Trinajstić information content (AvgIpc) is 2.21. The Balaban J connectivity index is 2.72. The molecule has 1 aromatic carbocycles. The van der Waals surface area contributed by atoms with E-state index in [1.165, 1.54) is 5.56 Å². The van der Waals surface area contributed by atoms with Gasteiger partial charge in [0.1, 0.15) is 0 Å². The zero-order valence-corrected chi connectivity index (χ0v) is 11.2. The summed E-state index contributed by atoms with van der Waals surface area (Å²) in [6.45, 7) is 2.11. The second-order valence-electron chi connectivity index (χ2n) is 3.88. The summed E-state index contributed by atoms with van der Waals surface area (Å²) in [5.41, 5.74) is 1.27. The van der Waals surface area contributed by atoms with Crippen LogP contribution in [0.3, 0.4) is 0 Å². The van der Waals surface area contributed by atoms with Crippen molar-refractivity contribution in [2.24, 2.45) is 5.41 Å². The van der Waals surface area contributed by atoms with Crippen LogP contribution in [0.25, 0.3) is 0 Å². The summed E-state index contributed by atoms with van der Waals surface area (Å²) in [7, 11) is 0. The van der Waals surface area contributed by atoms with Crippen LogP contribution in [-0.4, -0.2) is 11.8 Å². The zero-order chi connectivity index (χ0) is 10.6. The van der Waals surface area contributed by atoms with E-state index >= 15 is 0 Å². The third-order valence-corrected chi connectivity index (χ3v) is 4.01. The second kappa shape index (κ2) is 5.39. The average molecular weight is 296 g/mol. The van der Waals surface area contributed by atoms with Gasteiger partial charge in [0.25, 0.3) is 0 Å². The van der Waals surface area contributed by atoms with Crippen LogP contribution in [0.15, 0.2) is 28.7 Å². The van der Waals surface area contributed by atoms with Crippen LogP contribution in [0.4, 0.5) is 0 Å². The number of benzene rings is 1. The molecule has 0 saturated heterocycles. The van der Waals surface area contributed by atoms with Gasteiger partial charge >= 0.3 is 0 Å². The molecule has 0 heterocycles. The first-order valence-corrected chi connectivity index (χ1v) is 6.32. The molecular formula is C11H13BrCl2. The predicted octanol–water partition coefficient (Wildman–Crippen LogP) is 4.48. The minimum atomic E-state index is -0.00304. The van der Waals surface area contributed by atoms with Gasteiger partial charge < -0.3 is 0 Å². The van der Waals surface area contributed by atoms with E-state index in [1.54, 1.807) is 0 Å². The Morgan fingerprint density at radius 1 is 1.14 bits per heavy atom. The largest absolute Gasteiger partial charge is 0.126 e. The van der Waals surface area contributed by atoms with Crippen molar-refractivity contribution in [3.8, 4) is 0 Å². The first kappa shape index (κ1) is 12.4. The second-order valence-corrected chi connectivity index (χ2v) is 5.33. The van der Waals surface area contributed by atoms with Crippen molar-refractivity contribution in [3.63, 3.8) is 0 Å². The summed E-state index contributed by atoms with van der Waals surface area (Å²) in [4.78, 5) is 0. The van der Waals surface area contributed by atoms with Crippen molar-refractivity contribution in [2.75, 3.05) is 11.8 Å². The van der Waals surface area contributed by atoms with Crippen LogP contribution < -0.4 is 0 Å². The molecule has 0 spiro atoms. The molecule has 78 valence electrons. The van der Waals surface area contributed by atoms with Crippen LogP contribution in [0.5, 0.6) is 0 Å². The Morgan fingerprint density at radius 3 is 2.07 bits per heavy atom. The third kappa shape index (κ3) is 3.45. The SMILES string of the molecule is CC(CCl)(CCl)Cc1ccc(Br)cc1. The van der Waals surface area contributed by atoms with E-state index in [9.17, 15) is 0 Å². The van der Waals surface area contributed by atoms with Gasteiger partial charge in [-0.15, -0.1) is 23.2 Å². The molecule has 0 unspecified atom stereocenters. The highest BCUT2D eigenvalue weighted by Gasteiger charge is 2.22. The lowest BCUT2D eigenvalue weighted by atomic mass is 9.88. The first-order valence-electron chi connectivity index (χ1n) is 4.46. The standard InChI is InChI=1S/C11H13BrCl2/c1-11(7-13,8-14)6-9-2-4-10(12)5-3-9/h2-5H,6-8H2,1H3. The van der Waals surface area contributed by atoms with Gasteiger partial charge in [0.2, 0.25) is 0 Å². The smallest absolute Gasteiger partial charge is 0.0291 e. The van der Waals surface area contributed by atoms with Gasteiger partial charge in [-0.05, 0) is 29.5 Å². The van der Waals surface area contributed by atoms with E-state index < -0.39 is 0 Å². The minimum absolute atomic E-state index is 0.00304. The summed E-state index contributed by atoms with van der Waals surface area (Å²) >= 11 is 15.2. The molecule has 0 atom stereocenters. The Kier molecular flexibility index (Phi) is 4.75. The summed E-state index contributed by atoms with van der Waals surface area (Å²) in [6, 6.07) is 8.28. The lowest BCUT2D eigenvalue weighted by Crippen LogP contribution is -2.23. The topological polar surface area (TPSA) is 0 Å². The summed E-state index contributed by atoms with van der Waals surface area (Å²) in [5.74, 6) is 1.18. The molecular weight excluding hydrogens is 283 g/mol. The maximum atomic E-state index is 5.90. The lowest BCUT2D eigenvalue weighted by Gasteiger charge is -2.24. The summed E-state index contributed by atoms with van der Waals surface area (Å²) in [5, 5.41) is 0. The van der Waals surface area contributed by atoms with E-state index in [-0.39, 0.29) is 5.41 Å². The van der Waals surface area contributed by atoms with Crippen LogP contribution in [0.1, 0.15) is 12.5 Å². The molecule has 0 saturated carbocycles. The number of rotatable bonds is 4. The van der Waals surface area contributed by atoms with Crippen LogP contribution in [-0.2, 0) is 6.42 Å². The highest BCUT2D eigenvalue weighted by atomic mass is 79.9. The zero-order valence-electron chi connectivity index (χ0n) is 8.06. The van der Waals surface area contributed by atoms with E-state index in [4.69, 9.17) is 23.2 Å². The molecule has 0 bridgehead atoms. The van der Waals surface area contributed by atoms with Gasteiger partial charge in [-0.3, -0.25) is 0 Å². The highest BCUT2D eigenvalue weighted by molar-refractivity contribution is 9.10. The lowest BCUT2D eigenvalue weighted by molar-refractivity contribution is 0.425. The molecule has 14 heavy (non-hydrogen) atoms. The number of halogens is 3. The van der Waals surface area contributed by atoms with Gasteiger partial charge in [0.15, 0.2) is 0 Å². The van der Waals surface area contributed by atoms with Crippen molar-refractivity contribution in [3.05, 3.63) is 34.3 Å². The fourth-order valence-electron chi connectivity index (χ4n) is 1.23. The molecule has 1 rings (SSSR count).